The van der Waals surface area contributed by atoms with Crippen molar-refractivity contribution in [2.45, 2.75) is 31.5 Å². The lowest BCUT2D eigenvalue weighted by Gasteiger charge is -2.30. The van der Waals surface area contributed by atoms with Crippen molar-refractivity contribution in [1.29, 1.82) is 0 Å². The molecule has 192 valence electrons. The van der Waals surface area contributed by atoms with Crippen molar-refractivity contribution in [2.75, 3.05) is 0 Å². The van der Waals surface area contributed by atoms with Crippen molar-refractivity contribution < 1.29 is 23.8 Å². The van der Waals surface area contributed by atoms with Crippen molar-refractivity contribution in [1.82, 2.24) is 4.90 Å². The maximum Gasteiger partial charge on any atom is 0.326 e. The predicted molar refractivity (Wildman–Crippen MR) is 144 cm³/mol. The summed E-state index contributed by atoms with van der Waals surface area (Å²) in [5.74, 6) is -1.56. The maximum absolute atomic E-state index is 14.4. The van der Waals surface area contributed by atoms with Gasteiger partial charge in [-0.3, -0.25) is 4.79 Å². The smallest absolute Gasteiger partial charge is 0.326 e. The largest absolute Gasteiger partial charge is 0.488 e. The molecular weight excluding hydrogens is 505 g/mol. The first kappa shape index (κ1) is 25.5. The number of benzene rings is 4. The Bertz CT molecular complexity index is 1460. The van der Waals surface area contributed by atoms with E-state index in [-0.39, 0.29) is 18.0 Å². The molecule has 4 aromatic carbocycles. The molecule has 1 fully saturated rings. The molecular formula is C31H25ClFNO4. The Kier molecular flexibility index (Phi) is 7.43. The van der Waals surface area contributed by atoms with Crippen molar-refractivity contribution in [3.63, 3.8) is 0 Å². The van der Waals surface area contributed by atoms with Crippen LogP contribution in [-0.2, 0) is 11.4 Å². The van der Waals surface area contributed by atoms with Crippen molar-refractivity contribution in [3.8, 4) is 16.9 Å². The molecule has 4 aromatic rings. The van der Waals surface area contributed by atoms with E-state index in [1.165, 1.54) is 17.0 Å². The Labute approximate surface area is 225 Å². The fraction of sp³-hybridized carbons (Fsp3) is 0.161. The maximum atomic E-state index is 14.4. The van der Waals surface area contributed by atoms with Crippen molar-refractivity contribution in [3.05, 3.63) is 125 Å². The number of halogens is 2. The number of carboxylic acid groups (broad SMARTS) is 1. The van der Waals surface area contributed by atoms with Gasteiger partial charge in [-0.05, 0) is 59.4 Å². The van der Waals surface area contributed by atoms with Gasteiger partial charge in [0.25, 0.3) is 5.91 Å². The number of rotatable bonds is 7. The third-order valence-corrected chi connectivity index (χ3v) is 7.15. The molecule has 1 amide bonds. The van der Waals surface area contributed by atoms with Gasteiger partial charge in [-0.15, -0.1) is 0 Å². The predicted octanol–water partition coefficient (Wildman–Crippen LogP) is 7.16. The van der Waals surface area contributed by atoms with E-state index in [0.29, 0.717) is 34.7 Å². The molecule has 7 heteroatoms. The summed E-state index contributed by atoms with van der Waals surface area (Å²) in [5, 5.41) is 10.5. The molecule has 2 unspecified atom stereocenters. The molecule has 1 aliphatic rings. The summed E-state index contributed by atoms with van der Waals surface area (Å²) in [6, 6.07) is 26.3. The highest BCUT2D eigenvalue weighted by molar-refractivity contribution is 6.31. The average Bonchev–Trinajstić information content (AvgIpc) is 3.38. The first-order valence-electron chi connectivity index (χ1n) is 12.3. The SMILES string of the molecule is O=C(O)C1CCC(c2ccccc2Cl)N1C(=O)c1c(OCc2ccc(F)cc2)cccc1-c1ccccc1. The second-order valence-electron chi connectivity index (χ2n) is 9.14. The third-order valence-electron chi connectivity index (χ3n) is 6.80. The first-order valence-corrected chi connectivity index (χ1v) is 12.7. The van der Waals surface area contributed by atoms with E-state index >= 15 is 0 Å². The zero-order valence-corrected chi connectivity index (χ0v) is 21.1. The van der Waals surface area contributed by atoms with Gasteiger partial charge in [0, 0.05) is 5.02 Å². The normalized spacial score (nSPS) is 16.8. The monoisotopic (exact) mass is 529 g/mol. The molecule has 5 nitrogen and oxygen atoms in total. The molecule has 0 radical (unpaired) electrons. The molecule has 38 heavy (non-hydrogen) atoms. The highest BCUT2D eigenvalue weighted by Gasteiger charge is 2.43. The van der Waals surface area contributed by atoms with Crippen LogP contribution in [0.1, 0.15) is 40.4 Å². The van der Waals surface area contributed by atoms with Crippen LogP contribution in [0.5, 0.6) is 5.75 Å². The Morgan fingerprint density at radius 2 is 1.61 bits per heavy atom. The summed E-state index contributed by atoms with van der Waals surface area (Å²) < 4.78 is 19.5. The molecule has 1 saturated heterocycles. The summed E-state index contributed by atoms with van der Waals surface area (Å²) in [5.41, 5.74) is 3.13. The minimum Gasteiger partial charge on any atom is -0.488 e. The van der Waals surface area contributed by atoms with Crippen LogP contribution in [0.15, 0.2) is 97.1 Å². The number of hydrogen-bond donors (Lipinski definition) is 1. The van der Waals surface area contributed by atoms with Crippen LogP contribution >= 0.6 is 11.6 Å². The summed E-state index contributed by atoms with van der Waals surface area (Å²) in [7, 11) is 0. The lowest BCUT2D eigenvalue weighted by atomic mass is 9.96. The minimum absolute atomic E-state index is 0.106. The molecule has 5 rings (SSSR count). The van der Waals surface area contributed by atoms with E-state index in [1.807, 2.05) is 48.5 Å². The first-order chi connectivity index (χ1) is 18.4. The van der Waals surface area contributed by atoms with Crippen LogP contribution in [0.4, 0.5) is 4.39 Å². The highest BCUT2D eigenvalue weighted by Crippen LogP contribution is 2.42. The van der Waals surface area contributed by atoms with Gasteiger partial charge in [-0.2, -0.15) is 0 Å². The van der Waals surface area contributed by atoms with E-state index in [1.54, 1.807) is 36.4 Å². The second kappa shape index (κ2) is 11.1. The number of carboxylic acids is 1. The number of amides is 1. The number of ether oxygens (including phenoxy) is 1. The van der Waals surface area contributed by atoms with E-state index < -0.39 is 24.0 Å². The molecule has 0 saturated carbocycles. The third kappa shape index (κ3) is 5.13. The zero-order chi connectivity index (χ0) is 26.6. The number of carbonyl (C=O) groups excluding carboxylic acids is 1. The Morgan fingerprint density at radius 3 is 2.32 bits per heavy atom. The minimum atomic E-state index is -1.07. The van der Waals surface area contributed by atoms with Crippen LogP contribution in [0.2, 0.25) is 5.02 Å². The van der Waals surface area contributed by atoms with Gasteiger partial charge in [0.1, 0.15) is 24.2 Å². The lowest BCUT2D eigenvalue weighted by Crippen LogP contribution is -2.42. The quantitative estimate of drug-likeness (QED) is 0.276. The molecule has 1 N–H and O–H groups in total. The van der Waals surface area contributed by atoms with Gasteiger partial charge >= 0.3 is 5.97 Å². The molecule has 0 aromatic heterocycles. The summed E-state index contributed by atoms with van der Waals surface area (Å²) >= 11 is 6.50. The van der Waals surface area contributed by atoms with Gasteiger partial charge in [0.05, 0.1) is 11.6 Å². The number of nitrogens with zero attached hydrogens (tertiary/aromatic N) is 1. The average molecular weight is 530 g/mol. The van der Waals surface area contributed by atoms with Crippen LogP contribution in [-0.4, -0.2) is 27.9 Å². The topological polar surface area (TPSA) is 66.8 Å². The van der Waals surface area contributed by atoms with Crippen LogP contribution < -0.4 is 4.74 Å². The molecule has 2 atom stereocenters. The van der Waals surface area contributed by atoms with Crippen LogP contribution in [0.3, 0.4) is 0 Å². The molecule has 1 heterocycles. The van der Waals surface area contributed by atoms with E-state index in [0.717, 1.165) is 11.1 Å². The Balaban J connectivity index is 1.61. The number of likely N-dealkylation sites (tertiary alicyclic amines) is 1. The molecule has 0 bridgehead atoms. The van der Waals surface area contributed by atoms with Crippen molar-refractivity contribution >= 4 is 23.5 Å². The zero-order valence-electron chi connectivity index (χ0n) is 20.4. The Morgan fingerprint density at radius 1 is 0.895 bits per heavy atom. The van der Waals surface area contributed by atoms with E-state index in [9.17, 15) is 19.1 Å². The summed E-state index contributed by atoms with van der Waals surface area (Å²) in [4.78, 5) is 28.1. The number of aliphatic carboxylic acids is 1. The molecule has 1 aliphatic heterocycles. The van der Waals surface area contributed by atoms with Gasteiger partial charge in [0.2, 0.25) is 0 Å². The fourth-order valence-electron chi connectivity index (χ4n) is 4.99. The second-order valence-corrected chi connectivity index (χ2v) is 9.55. The van der Waals surface area contributed by atoms with Crippen LogP contribution in [0, 0.1) is 5.82 Å². The van der Waals surface area contributed by atoms with Crippen LogP contribution in [0.25, 0.3) is 11.1 Å². The lowest BCUT2D eigenvalue weighted by molar-refractivity contribution is -0.141. The Hall–Kier alpha value is -4.16. The number of hydrogen-bond acceptors (Lipinski definition) is 3. The van der Waals surface area contributed by atoms with E-state index in [4.69, 9.17) is 16.3 Å². The van der Waals surface area contributed by atoms with Gasteiger partial charge in [0.15, 0.2) is 0 Å². The standard InChI is InChI=1S/C31H25ClFNO4/c32-25-11-5-4-9-24(25)26-17-18-27(31(36)37)34(26)30(35)29-23(21-7-2-1-3-8-21)10-6-12-28(29)38-19-20-13-15-22(33)16-14-20/h1-16,26-27H,17-19H2,(H,36,37). The van der Waals surface area contributed by atoms with Gasteiger partial charge in [-0.1, -0.05) is 84.4 Å². The molecule has 0 aliphatic carbocycles. The van der Waals surface area contributed by atoms with Crippen molar-refractivity contribution in [2.24, 2.45) is 0 Å². The summed E-state index contributed by atoms with van der Waals surface area (Å²) in [6.45, 7) is 0.106. The number of carbonyl (C=O) groups is 2. The van der Waals surface area contributed by atoms with Gasteiger partial charge in [-0.25, -0.2) is 9.18 Å². The fourth-order valence-corrected chi connectivity index (χ4v) is 5.25. The highest BCUT2D eigenvalue weighted by atomic mass is 35.5. The van der Waals surface area contributed by atoms with E-state index in [2.05, 4.69) is 0 Å². The molecule has 0 spiro atoms. The van der Waals surface area contributed by atoms with Gasteiger partial charge < -0.3 is 14.7 Å². The summed E-state index contributed by atoms with van der Waals surface area (Å²) in [6.07, 6.45) is 0.766.